The second kappa shape index (κ2) is 9.44. The van der Waals surface area contributed by atoms with E-state index in [9.17, 15) is 0 Å². The van der Waals surface area contributed by atoms with Gasteiger partial charge in [0.1, 0.15) is 0 Å². The van der Waals surface area contributed by atoms with Crippen molar-refractivity contribution >= 4 is 0 Å². The monoisotopic (exact) mass is 201 g/mol. The van der Waals surface area contributed by atoms with E-state index < -0.39 is 0 Å². The summed E-state index contributed by atoms with van der Waals surface area (Å²) in [5, 5.41) is 2.37. The lowest BCUT2D eigenvalue weighted by Gasteiger charge is -2.31. The van der Waals surface area contributed by atoms with E-state index in [0.29, 0.717) is 12.6 Å². The Balaban J connectivity index is 3.97. The van der Waals surface area contributed by atoms with Crippen molar-refractivity contribution in [3.05, 3.63) is 0 Å². The molecule has 0 amide bonds. The van der Waals surface area contributed by atoms with Crippen molar-refractivity contribution in [2.45, 2.75) is 52.5 Å². The van der Waals surface area contributed by atoms with Crippen molar-refractivity contribution in [1.29, 1.82) is 0 Å². The van der Waals surface area contributed by atoms with Crippen molar-refractivity contribution in [2.24, 2.45) is 5.73 Å². The third-order valence-electron chi connectivity index (χ3n) is 2.46. The van der Waals surface area contributed by atoms with Gasteiger partial charge in [0.15, 0.2) is 0 Å². The van der Waals surface area contributed by atoms with Gasteiger partial charge in [-0.1, -0.05) is 27.2 Å². The van der Waals surface area contributed by atoms with Crippen molar-refractivity contribution in [1.82, 2.24) is 10.4 Å². The lowest BCUT2D eigenvalue weighted by Crippen LogP contribution is -2.47. The van der Waals surface area contributed by atoms with Gasteiger partial charge >= 0.3 is 0 Å². The molecule has 3 nitrogen and oxygen atoms in total. The Bertz CT molecular complexity index is 117. The molecule has 3 heteroatoms. The topological polar surface area (TPSA) is 41.3 Å². The van der Waals surface area contributed by atoms with Crippen molar-refractivity contribution < 1.29 is 0 Å². The molecule has 14 heavy (non-hydrogen) atoms. The highest BCUT2D eigenvalue weighted by Crippen LogP contribution is 2.08. The quantitative estimate of drug-likeness (QED) is 0.558. The highest BCUT2D eigenvalue weighted by atomic mass is 15.5. The van der Waals surface area contributed by atoms with Gasteiger partial charge in [0.05, 0.1) is 0 Å². The molecule has 86 valence electrons. The number of hydrogen-bond donors (Lipinski definition) is 2. The molecule has 0 aromatic carbocycles. The standard InChI is InChI=1S/C11H27N3/c1-4-7-11(6-3)14(10-5-2)13-9-8-12/h11,13H,4-10,12H2,1-3H3. The van der Waals surface area contributed by atoms with Crippen LogP contribution in [0.25, 0.3) is 0 Å². The molecule has 0 saturated heterocycles. The Morgan fingerprint density at radius 3 is 2.36 bits per heavy atom. The molecule has 0 heterocycles. The van der Waals surface area contributed by atoms with E-state index in [2.05, 4.69) is 31.2 Å². The predicted octanol–water partition coefficient (Wildman–Crippen LogP) is 1.74. The van der Waals surface area contributed by atoms with E-state index in [0.717, 1.165) is 13.1 Å². The molecule has 0 aromatic rings. The Kier molecular flexibility index (Phi) is 9.35. The van der Waals surface area contributed by atoms with Crippen molar-refractivity contribution in [3.8, 4) is 0 Å². The molecule has 0 aromatic heterocycles. The average Bonchev–Trinajstić information content (AvgIpc) is 2.21. The molecule has 3 N–H and O–H groups in total. The van der Waals surface area contributed by atoms with E-state index >= 15 is 0 Å². The van der Waals surface area contributed by atoms with Crippen LogP contribution in [0.5, 0.6) is 0 Å². The second-order valence-electron chi connectivity index (χ2n) is 3.74. The van der Waals surface area contributed by atoms with E-state index in [1.807, 2.05) is 0 Å². The second-order valence-corrected chi connectivity index (χ2v) is 3.74. The first-order valence-corrected chi connectivity index (χ1v) is 6.00. The minimum Gasteiger partial charge on any atom is -0.329 e. The van der Waals surface area contributed by atoms with Crippen LogP contribution >= 0.6 is 0 Å². The molecule has 0 saturated carbocycles. The molecule has 0 aliphatic heterocycles. The number of hydrogen-bond acceptors (Lipinski definition) is 3. The maximum Gasteiger partial charge on any atom is 0.0240 e. The Labute approximate surface area is 89.0 Å². The minimum atomic E-state index is 0.673. The summed E-state index contributed by atoms with van der Waals surface area (Å²) in [6.45, 7) is 9.44. The summed E-state index contributed by atoms with van der Waals surface area (Å²) in [5.41, 5.74) is 8.91. The van der Waals surface area contributed by atoms with Gasteiger partial charge in [-0.3, -0.25) is 5.43 Å². The summed E-state index contributed by atoms with van der Waals surface area (Å²) in [4.78, 5) is 0. The molecule has 0 aliphatic rings. The molecule has 1 unspecified atom stereocenters. The van der Waals surface area contributed by atoms with Gasteiger partial charge in [-0.05, 0) is 19.3 Å². The number of rotatable bonds is 9. The van der Waals surface area contributed by atoms with Crippen LogP contribution in [0.4, 0.5) is 0 Å². The van der Waals surface area contributed by atoms with Gasteiger partial charge in [0.25, 0.3) is 0 Å². The van der Waals surface area contributed by atoms with E-state index in [-0.39, 0.29) is 0 Å². The number of nitrogens with two attached hydrogens (primary N) is 1. The maximum atomic E-state index is 5.50. The normalized spacial score (nSPS) is 13.5. The molecule has 0 fully saturated rings. The summed E-state index contributed by atoms with van der Waals surface area (Å²) in [7, 11) is 0. The van der Waals surface area contributed by atoms with Crippen LogP contribution in [-0.2, 0) is 0 Å². The Hall–Kier alpha value is -0.120. The SMILES string of the molecule is CCCC(CC)N(CCC)NCCN. The van der Waals surface area contributed by atoms with Crippen LogP contribution in [0.1, 0.15) is 46.5 Å². The number of hydrazine groups is 1. The zero-order valence-corrected chi connectivity index (χ0v) is 10.1. The zero-order valence-electron chi connectivity index (χ0n) is 10.1. The summed E-state index contributed by atoms with van der Waals surface area (Å²) >= 11 is 0. The molecule has 1 atom stereocenters. The lowest BCUT2D eigenvalue weighted by molar-refractivity contribution is 0.114. The van der Waals surface area contributed by atoms with E-state index in [4.69, 9.17) is 5.73 Å². The highest BCUT2D eigenvalue weighted by molar-refractivity contribution is 4.66. The fourth-order valence-electron chi connectivity index (χ4n) is 1.75. The molecular formula is C11H27N3. The van der Waals surface area contributed by atoms with Gasteiger partial charge in [-0.25, -0.2) is 5.01 Å². The highest BCUT2D eigenvalue weighted by Gasteiger charge is 2.13. The third-order valence-corrected chi connectivity index (χ3v) is 2.46. The fraction of sp³-hybridized carbons (Fsp3) is 1.00. The molecule has 0 bridgehead atoms. The average molecular weight is 201 g/mol. The van der Waals surface area contributed by atoms with Gasteiger partial charge in [0, 0.05) is 25.7 Å². The summed E-state index contributed by atoms with van der Waals surface area (Å²) in [6.07, 6.45) is 4.93. The smallest absolute Gasteiger partial charge is 0.0240 e. The van der Waals surface area contributed by atoms with Gasteiger partial charge in [-0.15, -0.1) is 0 Å². The van der Waals surface area contributed by atoms with Gasteiger partial charge in [0.2, 0.25) is 0 Å². The zero-order chi connectivity index (χ0) is 10.8. The largest absolute Gasteiger partial charge is 0.329 e. The first-order chi connectivity index (χ1) is 6.79. The van der Waals surface area contributed by atoms with Crippen LogP contribution < -0.4 is 11.2 Å². The summed E-state index contributed by atoms with van der Waals surface area (Å²) in [6, 6.07) is 0.673. The summed E-state index contributed by atoms with van der Waals surface area (Å²) in [5.74, 6) is 0. The van der Waals surface area contributed by atoms with Crippen LogP contribution in [0.2, 0.25) is 0 Å². The Morgan fingerprint density at radius 2 is 1.93 bits per heavy atom. The van der Waals surface area contributed by atoms with Crippen LogP contribution in [0, 0.1) is 0 Å². The maximum absolute atomic E-state index is 5.50. The molecule has 0 radical (unpaired) electrons. The first kappa shape index (κ1) is 13.9. The molecule has 0 spiro atoms. The van der Waals surface area contributed by atoms with Gasteiger partial charge in [-0.2, -0.15) is 0 Å². The summed E-state index contributed by atoms with van der Waals surface area (Å²) < 4.78 is 0. The van der Waals surface area contributed by atoms with E-state index in [1.165, 1.54) is 25.7 Å². The lowest BCUT2D eigenvalue weighted by atomic mass is 10.1. The van der Waals surface area contributed by atoms with Crippen LogP contribution in [0.15, 0.2) is 0 Å². The van der Waals surface area contributed by atoms with Crippen LogP contribution in [0.3, 0.4) is 0 Å². The number of nitrogens with one attached hydrogen (secondary N) is 1. The molecular weight excluding hydrogens is 174 g/mol. The predicted molar refractivity (Wildman–Crippen MR) is 63.0 cm³/mol. The third kappa shape index (κ3) is 5.58. The first-order valence-electron chi connectivity index (χ1n) is 6.00. The molecule has 0 aliphatic carbocycles. The Morgan fingerprint density at radius 1 is 1.21 bits per heavy atom. The van der Waals surface area contributed by atoms with Crippen molar-refractivity contribution in [2.75, 3.05) is 19.6 Å². The van der Waals surface area contributed by atoms with E-state index in [1.54, 1.807) is 0 Å². The van der Waals surface area contributed by atoms with Gasteiger partial charge < -0.3 is 5.73 Å². The number of nitrogens with zero attached hydrogens (tertiary/aromatic N) is 1. The fourth-order valence-corrected chi connectivity index (χ4v) is 1.75. The molecule has 0 rings (SSSR count). The van der Waals surface area contributed by atoms with Crippen molar-refractivity contribution in [3.63, 3.8) is 0 Å². The van der Waals surface area contributed by atoms with Crippen LogP contribution in [-0.4, -0.2) is 30.7 Å². The minimum absolute atomic E-state index is 0.673.